The van der Waals surface area contributed by atoms with Gasteiger partial charge in [-0.15, -0.1) is 0 Å². The third kappa shape index (κ3) is 3.67. The summed E-state index contributed by atoms with van der Waals surface area (Å²) in [7, 11) is 0. The molecule has 1 amide bonds. The van der Waals surface area contributed by atoms with Gasteiger partial charge in [0.2, 0.25) is 5.91 Å². The van der Waals surface area contributed by atoms with Crippen LogP contribution in [0, 0.1) is 5.92 Å². The highest BCUT2D eigenvalue weighted by molar-refractivity contribution is 5.76. The molecule has 2 aliphatic rings. The van der Waals surface area contributed by atoms with Crippen molar-refractivity contribution >= 4 is 5.91 Å². The lowest BCUT2D eigenvalue weighted by Crippen LogP contribution is -2.52. The van der Waals surface area contributed by atoms with Crippen molar-refractivity contribution < 1.29 is 14.3 Å². The largest absolute Gasteiger partial charge is 0.381 e. The molecule has 5 heteroatoms. The zero-order valence-electron chi connectivity index (χ0n) is 11.0. The molecule has 0 spiro atoms. The topological polar surface area (TPSA) is 64.8 Å². The molecule has 0 aromatic rings. The van der Waals surface area contributed by atoms with Gasteiger partial charge in [0.1, 0.15) is 0 Å². The van der Waals surface area contributed by atoms with E-state index in [0.29, 0.717) is 38.6 Å². The summed E-state index contributed by atoms with van der Waals surface area (Å²) in [5.74, 6) is 0.889. The molecule has 104 valence electrons. The number of carbonyl (C=O) groups excluding carboxylic acids is 1. The monoisotopic (exact) mass is 256 g/mol. The molecule has 2 rings (SSSR count). The summed E-state index contributed by atoms with van der Waals surface area (Å²) < 4.78 is 10.7. The Kier molecular flexibility index (Phi) is 5.41. The average molecular weight is 256 g/mol. The first-order valence-electron chi connectivity index (χ1n) is 6.96. The fourth-order valence-electron chi connectivity index (χ4n) is 2.68. The summed E-state index contributed by atoms with van der Waals surface area (Å²) in [6.07, 6.45) is 3.81. The van der Waals surface area contributed by atoms with Gasteiger partial charge in [0, 0.05) is 32.7 Å². The molecular weight excluding hydrogens is 232 g/mol. The summed E-state index contributed by atoms with van der Waals surface area (Å²) >= 11 is 0. The quantitative estimate of drug-likeness (QED) is 0.790. The fraction of sp³-hybridized carbons (Fsp3) is 0.923. The average Bonchev–Trinajstić information content (AvgIpc) is 2.45. The predicted molar refractivity (Wildman–Crippen MR) is 68.2 cm³/mol. The van der Waals surface area contributed by atoms with E-state index in [1.54, 1.807) is 0 Å². The summed E-state index contributed by atoms with van der Waals surface area (Å²) in [6.45, 7) is 4.10. The minimum absolute atomic E-state index is 0.0703. The van der Waals surface area contributed by atoms with E-state index in [1.165, 1.54) is 0 Å². The molecule has 0 aromatic carbocycles. The third-order valence-electron chi connectivity index (χ3n) is 3.93. The first-order valence-corrected chi connectivity index (χ1v) is 6.96. The molecule has 18 heavy (non-hydrogen) atoms. The Bertz CT molecular complexity index is 267. The van der Waals surface area contributed by atoms with Crippen LogP contribution in [0.1, 0.15) is 25.7 Å². The Hall–Kier alpha value is -0.650. The van der Waals surface area contributed by atoms with Crippen molar-refractivity contribution in [2.45, 2.75) is 31.7 Å². The van der Waals surface area contributed by atoms with Gasteiger partial charge in [-0.05, 0) is 25.2 Å². The molecule has 2 heterocycles. The molecule has 2 saturated heterocycles. The van der Waals surface area contributed by atoms with E-state index < -0.39 is 0 Å². The van der Waals surface area contributed by atoms with Crippen molar-refractivity contribution in [3.63, 3.8) is 0 Å². The highest BCUT2D eigenvalue weighted by Crippen LogP contribution is 2.21. The number of nitrogens with two attached hydrogens (primary N) is 1. The molecule has 0 aliphatic carbocycles. The molecule has 2 N–H and O–H groups in total. The van der Waals surface area contributed by atoms with Gasteiger partial charge in [0.25, 0.3) is 0 Å². The molecule has 1 unspecified atom stereocenters. The SMILES string of the molecule is NCC1COCCN1C(=O)CCC1CCOCC1. The Balaban J connectivity index is 1.75. The lowest BCUT2D eigenvalue weighted by atomic mass is 9.94. The van der Waals surface area contributed by atoms with Crippen LogP contribution in [0.5, 0.6) is 0 Å². The van der Waals surface area contributed by atoms with E-state index in [1.807, 2.05) is 4.90 Å². The number of amides is 1. The van der Waals surface area contributed by atoms with Gasteiger partial charge >= 0.3 is 0 Å². The van der Waals surface area contributed by atoms with Crippen LogP contribution in [0.3, 0.4) is 0 Å². The summed E-state index contributed by atoms with van der Waals surface area (Å²) in [5, 5.41) is 0. The zero-order chi connectivity index (χ0) is 12.8. The minimum atomic E-state index is 0.0703. The van der Waals surface area contributed by atoms with Crippen LogP contribution in [0.4, 0.5) is 0 Å². The second-order valence-corrected chi connectivity index (χ2v) is 5.15. The molecule has 0 radical (unpaired) electrons. The van der Waals surface area contributed by atoms with Crippen LogP contribution < -0.4 is 5.73 Å². The van der Waals surface area contributed by atoms with Gasteiger partial charge in [-0.2, -0.15) is 0 Å². The third-order valence-corrected chi connectivity index (χ3v) is 3.93. The Morgan fingerprint density at radius 1 is 1.22 bits per heavy atom. The number of nitrogens with zero attached hydrogens (tertiary/aromatic N) is 1. The molecule has 0 saturated carbocycles. The van der Waals surface area contributed by atoms with E-state index in [9.17, 15) is 4.79 Å². The maximum absolute atomic E-state index is 12.2. The van der Waals surface area contributed by atoms with Gasteiger partial charge in [-0.1, -0.05) is 0 Å². The van der Waals surface area contributed by atoms with E-state index in [2.05, 4.69) is 0 Å². The van der Waals surface area contributed by atoms with Crippen molar-refractivity contribution in [1.29, 1.82) is 0 Å². The predicted octanol–water partition coefficient (Wildman–Crippen LogP) is 0.379. The number of ether oxygens (including phenoxy) is 2. The zero-order valence-corrected chi connectivity index (χ0v) is 11.0. The van der Waals surface area contributed by atoms with Gasteiger partial charge in [-0.25, -0.2) is 0 Å². The number of hydrogen-bond donors (Lipinski definition) is 1. The lowest BCUT2D eigenvalue weighted by Gasteiger charge is -2.35. The molecule has 0 aromatic heterocycles. The number of morpholine rings is 1. The van der Waals surface area contributed by atoms with Crippen LogP contribution in [-0.2, 0) is 14.3 Å². The van der Waals surface area contributed by atoms with Crippen molar-refractivity contribution in [1.82, 2.24) is 4.90 Å². The highest BCUT2D eigenvalue weighted by Gasteiger charge is 2.26. The number of hydrogen-bond acceptors (Lipinski definition) is 4. The van der Waals surface area contributed by atoms with Gasteiger partial charge < -0.3 is 20.1 Å². The van der Waals surface area contributed by atoms with Gasteiger partial charge in [0.05, 0.1) is 19.3 Å². The van der Waals surface area contributed by atoms with Gasteiger partial charge in [0.15, 0.2) is 0 Å². The van der Waals surface area contributed by atoms with Crippen LogP contribution in [0.25, 0.3) is 0 Å². The molecule has 2 fully saturated rings. The molecule has 1 atom stereocenters. The Morgan fingerprint density at radius 2 is 2.00 bits per heavy atom. The van der Waals surface area contributed by atoms with E-state index >= 15 is 0 Å². The second kappa shape index (κ2) is 7.07. The molecule has 2 aliphatic heterocycles. The standard InChI is InChI=1S/C13H24N2O3/c14-9-12-10-18-8-5-15(12)13(16)2-1-11-3-6-17-7-4-11/h11-12H,1-10,14H2. The normalized spacial score (nSPS) is 26.3. The summed E-state index contributed by atoms with van der Waals surface area (Å²) in [5.41, 5.74) is 5.68. The number of rotatable bonds is 4. The van der Waals surface area contributed by atoms with Crippen molar-refractivity contribution in [2.24, 2.45) is 11.7 Å². The first kappa shape index (κ1) is 13.8. The second-order valence-electron chi connectivity index (χ2n) is 5.15. The highest BCUT2D eigenvalue weighted by atomic mass is 16.5. The van der Waals surface area contributed by atoms with Gasteiger partial charge in [-0.3, -0.25) is 4.79 Å². The van der Waals surface area contributed by atoms with Crippen LogP contribution >= 0.6 is 0 Å². The fourth-order valence-corrected chi connectivity index (χ4v) is 2.68. The van der Waals surface area contributed by atoms with Crippen LogP contribution in [0.2, 0.25) is 0 Å². The summed E-state index contributed by atoms with van der Waals surface area (Å²) in [6, 6.07) is 0.0703. The number of carbonyl (C=O) groups is 1. The van der Waals surface area contributed by atoms with Crippen molar-refractivity contribution in [3.8, 4) is 0 Å². The maximum Gasteiger partial charge on any atom is 0.223 e. The van der Waals surface area contributed by atoms with E-state index in [0.717, 1.165) is 32.5 Å². The Morgan fingerprint density at radius 3 is 2.72 bits per heavy atom. The smallest absolute Gasteiger partial charge is 0.223 e. The maximum atomic E-state index is 12.2. The summed E-state index contributed by atoms with van der Waals surface area (Å²) in [4.78, 5) is 14.1. The van der Waals surface area contributed by atoms with Crippen molar-refractivity contribution in [3.05, 3.63) is 0 Å². The van der Waals surface area contributed by atoms with E-state index in [-0.39, 0.29) is 11.9 Å². The lowest BCUT2D eigenvalue weighted by molar-refractivity contribution is -0.139. The van der Waals surface area contributed by atoms with Crippen molar-refractivity contribution in [2.75, 3.05) is 39.5 Å². The van der Waals surface area contributed by atoms with E-state index in [4.69, 9.17) is 15.2 Å². The molecule has 0 bridgehead atoms. The Labute approximate surface area is 109 Å². The molecular formula is C13H24N2O3. The molecule has 5 nitrogen and oxygen atoms in total. The van der Waals surface area contributed by atoms with Crippen LogP contribution in [0.15, 0.2) is 0 Å². The first-order chi connectivity index (χ1) is 8.81. The minimum Gasteiger partial charge on any atom is -0.381 e. The van der Waals surface area contributed by atoms with Crippen LogP contribution in [-0.4, -0.2) is 56.4 Å².